The maximum absolute atomic E-state index is 6.17. The molecule has 0 aliphatic carbocycles. The summed E-state index contributed by atoms with van der Waals surface area (Å²) in [6, 6.07) is 6.02. The molecule has 2 heterocycles. The van der Waals surface area contributed by atoms with Gasteiger partial charge in [0.1, 0.15) is 0 Å². The highest BCUT2D eigenvalue weighted by Crippen LogP contribution is 2.39. The Morgan fingerprint density at radius 3 is 2.70 bits per heavy atom. The van der Waals surface area contributed by atoms with Crippen molar-refractivity contribution in [2.75, 3.05) is 12.4 Å². The van der Waals surface area contributed by atoms with Gasteiger partial charge in [-0.15, -0.1) is 11.3 Å². The summed E-state index contributed by atoms with van der Waals surface area (Å²) >= 11 is 7.85. The summed E-state index contributed by atoms with van der Waals surface area (Å²) < 4.78 is 2.19. The van der Waals surface area contributed by atoms with Gasteiger partial charge in [-0.1, -0.05) is 11.6 Å². The molecule has 0 atom stereocenters. The van der Waals surface area contributed by atoms with Gasteiger partial charge < -0.3 is 9.88 Å². The summed E-state index contributed by atoms with van der Waals surface area (Å²) in [5, 5.41) is 5.98. The Balaban J connectivity index is 2.37. The van der Waals surface area contributed by atoms with Crippen LogP contribution in [0, 0.1) is 13.8 Å². The van der Waals surface area contributed by atoms with Crippen LogP contribution in [0.2, 0.25) is 5.02 Å². The van der Waals surface area contributed by atoms with Crippen molar-refractivity contribution in [2.45, 2.75) is 13.8 Å². The zero-order chi connectivity index (χ0) is 14.4. The van der Waals surface area contributed by atoms with Crippen molar-refractivity contribution in [3.05, 3.63) is 33.8 Å². The number of nitrogens with one attached hydrogen (secondary N) is 1. The third kappa shape index (κ3) is 1.91. The summed E-state index contributed by atoms with van der Waals surface area (Å²) in [5.74, 6) is 0. The summed E-state index contributed by atoms with van der Waals surface area (Å²) in [6.45, 7) is 4.23. The summed E-state index contributed by atoms with van der Waals surface area (Å²) in [4.78, 5) is 5.92. The van der Waals surface area contributed by atoms with Gasteiger partial charge in [0, 0.05) is 46.2 Å². The van der Waals surface area contributed by atoms with Gasteiger partial charge in [-0.25, -0.2) is 4.98 Å². The minimum Gasteiger partial charge on any atom is -0.365 e. The van der Waals surface area contributed by atoms with Crippen molar-refractivity contribution in [3.8, 4) is 11.3 Å². The minimum atomic E-state index is 0.756. The molecule has 3 aromatic rings. The van der Waals surface area contributed by atoms with Crippen molar-refractivity contribution in [1.29, 1.82) is 0 Å². The predicted octanol–water partition coefficient (Wildman–Crippen LogP) is 4.61. The van der Waals surface area contributed by atoms with Crippen LogP contribution < -0.4 is 5.32 Å². The summed E-state index contributed by atoms with van der Waals surface area (Å²) in [5.41, 5.74) is 4.61. The van der Waals surface area contributed by atoms with Gasteiger partial charge in [-0.2, -0.15) is 0 Å². The van der Waals surface area contributed by atoms with Crippen LogP contribution in [0.4, 0.5) is 5.13 Å². The highest BCUT2D eigenvalue weighted by Gasteiger charge is 2.18. The molecule has 0 fully saturated rings. The van der Waals surface area contributed by atoms with Crippen LogP contribution in [0.1, 0.15) is 10.6 Å². The number of nitrogens with zero attached hydrogens (tertiary/aromatic N) is 2. The van der Waals surface area contributed by atoms with E-state index < -0.39 is 0 Å². The van der Waals surface area contributed by atoms with E-state index in [0.29, 0.717) is 0 Å². The molecule has 3 rings (SSSR count). The lowest BCUT2D eigenvalue weighted by atomic mass is 10.1. The van der Waals surface area contributed by atoms with Gasteiger partial charge in [0.25, 0.3) is 0 Å². The number of halogens is 1. The molecule has 0 bridgehead atoms. The molecule has 0 unspecified atom stereocenters. The number of hydrogen-bond acceptors (Lipinski definition) is 3. The smallest absolute Gasteiger partial charge is 0.183 e. The van der Waals surface area contributed by atoms with E-state index in [-0.39, 0.29) is 0 Å². The first-order valence-electron chi connectivity index (χ1n) is 6.43. The van der Waals surface area contributed by atoms with E-state index in [0.717, 1.165) is 21.2 Å². The van der Waals surface area contributed by atoms with E-state index in [1.807, 2.05) is 19.2 Å². The average molecular weight is 306 g/mol. The van der Waals surface area contributed by atoms with Crippen molar-refractivity contribution in [1.82, 2.24) is 9.55 Å². The molecular weight excluding hydrogens is 290 g/mol. The molecule has 3 nitrogen and oxygen atoms in total. The van der Waals surface area contributed by atoms with Crippen molar-refractivity contribution >= 4 is 39.0 Å². The Morgan fingerprint density at radius 2 is 2.05 bits per heavy atom. The lowest BCUT2D eigenvalue weighted by Gasteiger charge is -2.00. The Labute approximate surface area is 127 Å². The SMILES string of the molecule is CNc1nc(-c2c(C)n(C)c3ccc(Cl)cc23)c(C)s1. The van der Waals surface area contributed by atoms with Crippen LogP contribution in [-0.4, -0.2) is 16.6 Å². The fourth-order valence-corrected chi connectivity index (χ4v) is 3.52. The molecule has 1 N–H and O–H groups in total. The molecule has 0 radical (unpaired) electrons. The van der Waals surface area contributed by atoms with Crippen LogP contribution in [0.5, 0.6) is 0 Å². The van der Waals surface area contributed by atoms with Crippen molar-refractivity contribution in [2.24, 2.45) is 7.05 Å². The number of anilines is 1. The lowest BCUT2D eigenvalue weighted by molar-refractivity contribution is 0.919. The first-order valence-corrected chi connectivity index (χ1v) is 7.62. The van der Waals surface area contributed by atoms with E-state index in [4.69, 9.17) is 16.6 Å². The Hall–Kier alpha value is -1.52. The summed E-state index contributed by atoms with van der Waals surface area (Å²) in [7, 11) is 3.98. The van der Waals surface area contributed by atoms with Gasteiger partial charge in [0.15, 0.2) is 5.13 Å². The van der Waals surface area contributed by atoms with Crippen molar-refractivity contribution in [3.63, 3.8) is 0 Å². The fourth-order valence-electron chi connectivity index (χ4n) is 2.58. The maximum Gasteiger partial charge on any atom is 0.183 e. The third-order valence-electron chi connectivity index (χ3n) is 3.70. The molecule has 0 aliphatic heterocycles. The average Bonchev–Trinajstić information content (AvgIpc) is 2.89. The molecule has 0 spiro atoms. The molecule has 2 aromatic heterocycles. The standard InChI is InChI=1S/C15H16ClN3S/c1-8-13(14-9(2)20-15(17-3)18-14)11-7-10(16)5-6-12(11)19(8)4/h5-7H,1-4H3,(H,17,18). The zero-order valence-corrected chi connectivity index (χ0v) is 13.5. The Morgan fingerprint density at radius 1 is 1.30 bits per heavy atom. The van der Waals surface area contributed by atoms with E-state index in [1.54, 1.807) is 11.3 Å². The first-order chi connectivity index (χ1) is 9.52. The number of hydrogen-bond donors (Lipinski definition) is 1. The lowest BCUT2D eigenvalue weighted by Crippen LogP contribution is -1.91. The predicted molar refractivity (Wildman–Crippen MR) is 88.1 cm³/mol. The van der Waals surface area contributed by atoms with Gasteiger partial charge in [0.2, 0.25) is 0 Å². The molecule has 0 aliphatic rings. The molecule has 0 saturated heterocycles. The van der Waals surface area contributed by atoms with E-state index in [2.05, 4.69) is 36.8 Å². The topological polar surface area (TPSA) is 29.9 Å². The normalized spacial score (nSPS) is 11.2. The van der Waals surface area contributed by atoms with Crippen LogP contribution in [0.25, 0.3) is 22.2 Å². The van der Waals surface area contributed by atoms with Gasteiger partial charge in [-0.05, 0) is 32.0 Å². The summed E-state index contributed by atoms with van der Waals surface area (Å²) in [6.07, 6.45) is 0. The third-order valence-corrected chi connectivity index (χ3v) is 4.92. The van der Waals surface area contributed by atoms with E-state index >= 15 is 0 Å². The molecule has 0 amide bonds. The molecule has 0 saturated carbocycles. The van der Waals surface area contributed by atoms with Gasteiger partial charge in [-0.3, -0.25) is 0 Å². The Kier molecular flexibility index (Phi) is 3.22. The molecule has 1 aromatic carbocycles. The fraction of sp³-hybridized carbons (Fsp3) is 0.267. The number of benzene rings is 1. The number of fused-ring (bicyclic) bond motifs is 1. The molecule has 104 valence electrons. The van der Waals surface area contributed by atoms with Crippen LogP contribution in [0.3, 0.4) is 0 Å². The second-order valence-corrected chi connectivity index (χ2v) is 6.49. The highest BCUT2D eigenvalue weighted by atomic mass is 35.5. The van der Waals surface area contributed by atoms with Gasteiger partial charge in [0.05, 0.1) is 5.69 Å². The first kappa shape index (κ1) is 13.5. The van der Waals surface area contributed by atoms with Gasteiger partial charge >= 0.3 is 0 Å². The maximum atomic E-state index is 6.17. The van der Waals surface area contributed by atoms with Crippen LogP contribution >= 0.6 is 22.9 Å². The number of thiazole rings is 1. The molecule has 20 heavy (non-hydrogen) atoms. The number of aryl methyl sites for hydroxylation is 2. The molecule has 5 heteroatoms. The van der Waals surface area contributed by atoms with Crippen LogP contribution in [0.15, 0.2) is 18.2 Å². The largest absolute Gasteiger partial charge is 0.365 e. The number of rotatable bonds is 2. The molecular formula is C15H16ClN3S. The van der Waals surface area contributed by atoms with Crippen molar-refractivity contribution < 1.29 is 0 Å². The number of aromatic nitrogens is 2. The monoisotopic (exact) mass is 305 g/mol. The highest BCUT2D eigenvalue weighted by molar-refractivity contribution is 7.16. The second-order valence-electron chi connectivity index (χ2n) is 4.85. The van der Waals surface area contributed by atoms with E-state index in [1.165, 1.54) is 21.7 Å². The Bertz CT molecular complexity index is 801. The quantitative estimate of drug-likeness (QED) is 0.749. The minimum absolute atomic E-state index is 0.756. The van der Waals surface area contributed by atoms with Crippen LogP contribution in [-0.2, 0) is 7.05 Å². The second kappa shape index (κ2) is 4.79. The van der Waals surface area contributed by atoms with E-state index in [9.17, 15) is 0 Å². The zero-order valence-electron chi connectivity index (χ0n) is 11.9.